The Balaban J connectivity index is 1.34. The summed E-state index contributed by atoms with van der Waals surface area (Å²) in [6.45, 7) is 12.3. The number of anilines is 1. The summed E-state index contributed by atoms with van der Waals surface area (Å²) < 4.78 is 5.17. The van der Waals surface area contributed by atoms with E-state index in [4.69, 9.17) is 12.0 Å². The molecule has 5 heterocycles. The molecule has 2 atom stereocenters. The first-order valence-electron chi connectivity index (χ1n) is 11.5. The topological polar surface area (TPSA) is 93.5 Å². The third-order valence-corrected chi connectivity index (χ3v) is 7.35. The molecule has 3 aliphatic heterocycles. The Kier molecular flexibility index (Phi) is 5.15. The summed E-state index contributed by atoms with van der Waals surface area (Å²) in [5, 5.41) is 14.3. The number of carbonyl (C=O) groups is 1. The monoisotopic (exact) mass is 436 g/mol. The van der Waals surface area contributed by atoms with Crippen LogP contribution in [0.25, 0.3) is 0 Å². The Morgan fingerprint density at radius 2 is 2.22 bits per heavy atom. The first-order chi connectivity index (χ1) is 15.3. The van der Waals surface area contributed by atoms with Gasteiger partial charge in [0.15, 0.2) is 0 Å². The van der Waals surface area contributed by atoms with Gasteiger partial charge in [0.25, 0.3) is 0 Å². The Hall–Kier alpha value is -2.62. The molecule has 2 aromatic heterocycles. The standard InChI is InChI=1S/C22H31BN7O2/c1-5-14-9-17(32-27-14)20(31)24-19-16-12-30(22(3,4)18(16)25-26-19)21(23)29-11-15-7-6-8-28(15)10-13(29)2/h9,13,15H,5-8,10-12H2,1-4H3,(H2,24,25,26,31)/t13-,15-/m0/s1. The van der Waals surface area contributed by atoms with Gasteiger partial charge in [-0.05, 0) is 0 Å². The zero-order valence-electron chi connectivity index (χ0n) is 19.3. The van der Waals surface area contributed by atoms with Gasteiger partial charge in [0, 0.05) is 0 Å². The van der Waals surface area contributed by atoms with Crippen LogP contribution in [0.2, 0.25) is 0 Å². The van der Waals surface area contributed by atoms with E-state index in [9.17, 15) is 4.79 Å². The predicted octanol–water partition coefficient (Wildman–Crippen LogP) is 1.69. The summed E-state index contributed by atoms with van der Waals surface area (Å²) in [4.78, 5) is 19.8. The molecule has 0 unspecified atom stereocenters. The van der Waals surface area contributed by atoms with E-state index in [1.54, 1.807) is 6.07 Å². The zero-order chi connectivity index (χ0) is 22.6. The quantitative estimate of drug-likeness (QED) is 0.689. The van der Waals surface area contributed by atoms with Crippen LogP contribution in [-0.2, 0) is 18.5 Å². The first kappa shape index (κ1) is 21.2. The van der Waals surface area contributed by atoms with E-state index >= 15 is 0 Å². The third kappa shape index (κ3) is 3.35. The number of H-pyrrole nitrogens is 1. The number of rotatable bonds is 5. The van der Waals surface area contributed by atoms with Gasteiger partial charge < -0.3 is 0 Å². The number of fused-ring (bicyclic) bond motifs is 2. The number of aromatic amines is 1. The minimum absolute atomic E-state index is 0.182. The van der Waals surface area contributed by atoms with Crippen molar-refractivity contribution in [3.05, 3.63) is 28.8 Å². The van der Waals surface area contributed by atoms with Gasteiger partial charge >= 0.3 is 189 Å². The van der Waals surface area contributed by atoms with Crippen molar-refractivity contribution < 1.29 is 9.32 Å². The number of aryl methyl sites for hydroxylation is 1. The zero-order valence-corrected chi connectivity index (χ0v) is 19.3. The molecule has 2 saturated heterocycles. The fourth-order valence-electron chi connectivity index (χ4n) is 5.40. The minimum atomic E-state index is -0.371. The molecule has 10 heteroatoms. The van der Waals surface area contributed by atoms with E-state index in [2.05, 4.69) is 56.1 Å². The van der Waals surface area contributed by atoms with Crippen molar-refractivity contribution >= 4 is 24.9 Å². The van der Waals surface area contributed by atoms with Crippen LogP contribution in [0, 0.1) is 0 Å². The first-order valence-corrected chi connectivity index (χ1v) is 11.5. The van der Waals surface area contributed by atoms with Gasteiger partial charge in [-0.15, -0.1) is 0 Å². The summed E-state index contributed by atoms with van der Waals surface area (Å²) in [5.41, 5.74) is 3.08. The molecule has 3 aliphatic rings. The molecule has 0 aromatic carbocycles. The Bertz CT molecular complexity index is 1040. The van der Waals surface area contributed by atoms with Crippen molar-refractivity contribution in [3.8, 4) is 0 Å². The molecule has 1 amide bonds. The number of nitrogens with zero attached hydrogens (tertiary/aromatic N) is 5. The molecular weight excluding hydrogens is 405 g/mol. The number of amides is 1. The van der Waals surface area contributed by atoms with Gasteiger partial charge in [-0.2, -0.15) is 0 Å². The van der Waals surface area contributed by atoms with E-state index in [0.29, 0.717) is 30.9 Å². The fourth-order valence-corrected chi connectivity index (χ4v) is 5.40. The van der Waals surface area contributed by atoms with Crippen LogP contribution in [-0.4, -0.2) is 80.9 Å². The van der Waals surface area contributed by atoms with Crippen molar-refractivity contribution in [2.75, 3.05) is 25.0 Å². The molecule has 2 N–H and O–H groups in total. The fraction of sp³-hybridized carbons (Fsp3) is 0.636. The number of carbonyl (C=O) groups excluding carboxylic acids is 1. The molecule has 169 valence electrons. The van der Waals surface area contributed by atoms with Gasteiger partial charge in [0.1, 0.15) is 0 Å². The number of aromatic nitrogens is 3. The summed E-state index contributed by atoms with van der Waals surface area (Å²) in [6.07, 6.45) is 3.21. The second-order valence-corrected chi connectivity index (χ2v) is 9.71. The molecule has 2 aromatic rings. The molecule has 1 radical (unpaired) electrons. The molecule has 0 saturated carbocycles. The van der Waals surface area contributed by atoms with Crippen LogP contribution in [0.1, 0.15) is 68.0 Å². The Morgan fingerprint density at radius 3 is 2.97 bits per heavy atom. The molecule has 5 rings (SSSR count). The van der Waals surface area contributed by atoms with Gasteiger partial charge in [-0.1, -0.05) is 0 Å². The maximum atomic E-state index is 12.7. The number of piperazine rings is 1. The van der Waals surface area contributed by atoms with E-state index in [-0.39, 0.29) is 17.2 Å². The molecule has 0 bridgehead atoms. The molecule has 2 fully saturated rings. The second-order valence-electron chi connectivity index (χ2n) is 9.71. The van der Waals surface area contributed by atoms with Gasteiger partial charge in [-0.3, -0.25) is 0 Å². The summed E-state index contributed by atoms with van der Waals surface area (Å²) >= 11 is 0. The summed E-state index contributed by atoms with van der Waals surface area (Å²) in [6, 6.07) is 2.60. The molecule has 0 spiro atoms. The van der Waals surface area contributed by atoms with Gasteiger partial charge in [0.05, 0.1) is 0 Å². The number of hydrogen-bond acceptors (Lipinski definition) is 7. The van der Waals surface area contributed by atoms with E-state index in [0.717, 1.165) is 35.8 Å². The molecule has 32 heavy (non-hydrogen) atoms. The maximum absolute atomic E-state index is 12.7. The average Bonchev–Trinajstić information content (AvgIpc) is 3.52. The third-order valence-electron chi connectivity index (χ3n) is 7.35. The van der Waals surface area contributed by atoms with E-state index in [1.807, 2.05) is 6.92 Å². The summed E-state index contributed by atoms with van der Waals surface area (Å²) in [7, 11) is 6.81. The van der Waals surface area contributed by atoms with Gasteiger partial charge in [-0.25, -0.2) is 0 Å². The SMILES string of the molecule is [B]=C(N1C[C@@H]2CCCN2C[C@@H]1C)N1Cc2c(NC(=O)c3cc(CC)no3)n[nH]c2C1(C)C. The van der Waals surface area contributed by atoms with Crippen LogP contribution in [0.15, 0.2) is 10.6 Å². The van der Waals surface area contributed by atoms with E-state index in [1.165, 1.54) is 19.4 Å². The van der Waals surface area contributed by atoms with E-state index < -0.39 is 0 Å². The van der Waals surface area contributed by atoms with Crippen molar-refractivity contribution in [3.63, 3.8) is 0 Å². The Morgan fingerprint density at radius 1 is 1.41 bits per heavy atom. The normalized spacial score (nSPS) is 24.5. The molecular formula is C22H31BN7O2. The average molecular weight is 436 g/mol. The Labute approximate surface area is 189 Å². The van der Waals surface area contributed by atoms with Crippen LogP contribution < -0.4 is 5.32 Å². The van der Waals surface area contributed by atoms with Crippen LogP contribution in [0.4, 0.5) is 5.82 Å². The van der Waals surface area contributed by atoms with Crippen molar-refractivity contribution in [1.82, 2.24) is 30.1 Å². The van der Waals surface area contributed by atoms with Crippen molar-refractivity contribution in [2.45, 2.75) is 71.1 Å². The van der Waals surface area contributed by atoms with Crippen molar-refractivity contribution in [1.29, 1.82) is 0 Å². The van der Waals surface area contributed by atoms with Crippen LogP contribution in [0.3, 0.4) is 0 Å². The molecule has 9 nitrogen and oxygen atoms in total. The number of nitrogens with one attached hydrogen (secondary N) is 2. The molecule has 0 aliphatic carbocycles. The van der Waals surface area contributed by atoms with Crippen LogP contribution >= 0.6 is 0 Å². The number of hydrogen-bond donors (Lipinski definition) is 2. The van der Waals surface area contributed by atoms with Crippen LogP contribution in [0.5, 0.6) is 0 Å². The predicted molar refractivity (Wildman–Crippen MR) is 123 cm³/mol. The van der Waals surface area contributed by atoms with Crippen molar-refractivity contribution in [2.24, 2.45) is 0 Å². The summed E-state index contributed by atoms with van der Waals surface area (Å²) in [5.74, 6) is 0.337. The van der Waals surface area contributed by atoms with Gasteiger partial charge in [0.2, 0.25) is 0 Å². The second kappa shape index (κ2) is 7.76.